The zero-order valence-electron chi connectivity index (χ0n) is 16.7. The van der Waals surface area contributed by atoms with E-state index in [1.807, 2.05) is 18.2 Å². The molecule has 1 aromatic heterocycles. The van der Waals surface area contributed by atoms with Gasteiger partial charge in [0.25, 0.3) is 10.1 Å². The Kier molecular flexibility index (Phi) is 5.71. The molecule has 0 saturated heterocycles. The van der Waals surface area contributed by atoms with Crippen LogP contribution in [-0.2, 0) is 10.1 Å². The van der Waals surface area contributed by atoms with Crippen LogP contribution in [0.1, 0.15) is 0 Å². The van der Waals surface area contributed by atoms with Gasteiger partial charge in [-0.25, -0.2) is 4.98 Å². The average molecular weight is 503 g/mol. The Bertz CT molecular complexity index is 1650. The molecule has 168 valence electrons. The zero-order valence-corrected chi connectivity index (χ0v) is 19.0. The predicted octanol–water partition coefficient (Wildman–Crippen LogP) is 5.78. The minimum absolute atomic E-state index is 0. The van der Waals surface area contributed by atoms with Gasteiger partial charge in [0.15, 0.2) is 0 Å². The first-order valence-corrected chi connectivity index (χ1v) is 11.2. The van der Waals surface area contributed by atoms with Crippen molar-refractivity contribution in [1.29, 1.82) is 0 Å². The van der Waals surface area contributed by atoms with Gasteiger partial charge in [-0.2, -0.15) is 8.42 Å². The van der Waals surface area contributed by atoms with E-state index in [0.29, 0.717) is 38.2 Å². The summed E-state index contributed by atoms with van der Waals surface area (Å²) in [5.41, 5.74) is 3.07. The fourth-order valence-corrected chi connectivity index (χ4v) is 4.47. The van der Waals surface area contributed by atoms with E-state index in [0.717, 1.165) is 17.2 Å². The summed E-state index contributed by atoms with van der Waals surface area (Å²) < 4.78 is 32.2. The van der Waals surface area contributed by atoms with E-state index in [1.165, 1.54) is 6.07 Å². The zero-order chi connectivity index (χ0) is 22.6. The highest BCUT2D eigenvalue weighted by Gasteiger charge is 2.18. The number of rotatable bonds is 3. The summed E-state index contributed by atoms with van der Waals surface area (Å²) in [6.45, 7) is 0. The molecule has 5 aromatic rings. The molecule has 0 radical (unpaired) electrons. The molecule has 0 amide bonds. The molecule has 0 atom stereocenters. The highest BCUT2D eigenvalue weighted by Crippen LogP contribution is 2.37. The Balaban J connectivity index is 0.00000259. The summed E-state index contributed by atoms with van der Waals surface area (Å²) in [5, 5.41) is 22.4. The Morgan fingerprint density at radius 3 is 2.33 bits per heavy atom. The summed E-state index contributed by atoms with van der Waals surface area (Å²) in [6.07, 6.45) is 0. The molecule has 0 aliphatic heterocycles. The van der Waals surface area contributed by atoms with E-state index < -0.39 is 15.0 Å². The van der Waals surface area contributed by atoms with Gasteiger partial charge in [0, 0.05) is 11.1 Å². The third kappa shape index (κ3) is 4.09. The lowest BCUT2D eigenvalue weighted by Gasteiger charge is -2.06. The minimum Gasteiger partial charge on any atom is -0.507 e. The molecule has 0 spiro atoms. The molecular formula is C23H16Cl2N2O5S. The number of halogens is 2. The number of hydrogen-bond acceptors (Lipinski definition) is 5. The smallest absolute Gasteiger partial charge is 0.294 e. The second-order valence-corrected chi connectivity index (χ2v) is 9.16. The predicted molar refractivity (Wildman–Crippen MR) is 130 cm³/mol. The van der Waals surface area contributed by atoms with Crippen molar-refractivity contribution in [2.24, 2.45) is 0 Å². The number of H-pyrrole nitrogens is 1. The molecule has 33 heavy (non-hydrogen) atoms. The third-order valence-electron chi connectivity index (χ3n) is 5.23. The lowest BCUT2D eigenvalue weighted by atomic mass is 10.0. The molecule has 0 aliphatic rings. The number of imidazole rings is 1. The van der Waals surface area contributed by atoms with Crippen LogP contribution in [0.25, 0.3) is 44.3 Å². The molecule has 0 fully saturated rings. The van der Waals surface area contributed by atoms with Crippen molar-refractivity contribution in [2.75, 3.05) is 0 Å². The number of aromatic nitrogens is 2. The number of phenols is 2. The first kappa shape index (κ1) is 22.9. The molecule has 5 rings (SSSR count). The van der Waals surface area contributed by atoms with E-state index in [4.69, 9.17) is 11.6 Å². The van der Waals surface area contributed by atoms with Gasteiger partial charge < -0.3 is 15.2 Å². The van der Waals surface area contributed by atoms with E-state index in [1.54, 1.807) is 36.4 Å². The van der Waals surface area contributed by atoms with Gasteiger partial charge in [0.1, 0.15) is 22.8 Å². The van der Waals surface area contributed by atoms with Crippen molar-refractivity contribution in [2.45, 2.75) is 4.90 Å². The molecule has 0 aliphatic carbocycles. The maximum atomic E-state index is 11.5. The number of aromatic amines is 1. The van der Waals surface area contributed by atoms with Gasteiger partial charge in [0.05, 0.1) is 21.4 Å². The fraction of sp³-hybridized carbons (Fsp3) is 0. The Morgan fingerprint density at radius 2 is 1.64 bits per heavy atom. The summed E-state index contributed by atoms with van der Waals surface area (Å²) in [7, 11) is -4.47. The highest BCUT2D eigenvalue weighted by molar-refractivity contribution is 7.85. The summed E-state index contributed by atoms with van der Waals surface area (Å²) >= 11 is 6.06. The Hall–Kier alpha value is -3.30. The van der Waals surface area contributed by atoms with E-state index >= 15 is 0 Å². The van der Waals surface area contributed by atoms with E-state index in [9.17, 15) is 23.2 Å². The molecule has 10 heteroatoms. The first-order valence-electron chi connectivity index (χ1n) is 9.43. The van der Waals surface area contributed by atoms with Crippen LogP contribution >= 0.6 is 24.0 Å². The molecule has 1 heterocycles. The maximum absolute atomic E-state index is 11.5. The molecule has 7 nitrogen and oxygen atoms in total. The summed E-state index contributed by atoms with van der Waals surface area (Å²) in [5.74, 6) is 0.0453. The number of benzene rings is 4. The van der Waals surface area contributed by atoms with Crippen molar-refractivity contribution < 1.29 is 23.2 Å². The van der Waals surface area contributed by atoms with E-state index in [2.05, 4.69) is 9.97 Å². The van der Waals surface area contributed by atoms with Crippen molar-refractivity contribution >= 4 is 55.9 Å². The Labute approximate surface area is 199 Å². The number of nitrogens with zero attached hydrogens (tertiary/aromatic N) is 1. The number of aromatic hydroxyl groups is 2. The van der Waals surface area contributed by atoms with Gasteiger partial charge in [-0.3, -0.25) is 4.55 Å². The van der Waals surface area contributed by atoms with Crippen LogP contribution in [0.5, 0.6) is 11.5 Å². The van der Waals surface area contributed by atoms with Crippen LogP contribution in [0.15, 0.2) is 71.6 Å². The number of hydrogen-bond donors (Lipinski definition) is 4. The molecule has 0 unspecified atom stereocenters. The topological polar surface area (TPSA) is 124 Å². The normalized spacial score (nSPS) is 11.6. The second-order valence-electron chi connectivity index (χ2n) is 7.30. The fourth-order valence-electron chi connectivity index (χ4n) is 3.74. The quantitative estimate of drug-likeness (QED) is 0.231. The third-order valence-corrected chi connectivity index (χ3v) is 6.29. The van der Waals surface area contributed by atoms with Crippen LogP contribution in [0.2, 0.25) is 5.02 Å². The first-order chi connectivity index (χ1) is 15.2. The van der Waals surface area contributed by atoms with Crippen LogP contribution in [0.4, 0.5) is 0 Å². The van der Waals surface area contributed by atoms with E-state index in [-0.39, 0.29) is 23.9 Å². The second kappa shape index (κ2) is 8.24. The Morgan fingerprint density at radius 1 is 0.879 bits per heavy atom. The van der Waals surface area contributed by atoms with Crippen LogP contribution in [0.3, 0.4) is 0 Å². The standard InChI is InChI=1S/C23H15ClN2O5S.ClH/c24-15-3-1-2-12(8-15)13-4-6-17(19(27)10-13)23-25-18-7-5-14-9-16(32(29,30)31)11-20(28)21(14)22(18)26-23;/h1-11,27-28H,(H,25,26)(H,29,30,31);1H. The molecular weight excluding hydrogens is 487 g/mol. The van der Waals surface area contributed by atoms with Gasteiger partial charge in [-0.15, -0.1) is 12.4 Å². The van der Waals surface area contributed by atoms with Gasteiger partial charge in [0.2, 0.25) is 0 Å². The molecule has 4 aromatic carbocycles. The summed E-state index contributed by atoms with van der Waals surface area (Å²) in [6, 6.07) is 18.0. The SMILES string of the molecule is Cl.O=S(=O)(O)c1cc(O)c2c(ccc3[nH]c(-c4ccc(-c5cccc(Cl)c5)cc4O)nc32)c1. The average Bonchev–Trinajstić information content (AvgIpc) is 3.16. The lowest BCUT2D eigenvalue weighted by molar-refractivity contribution is 0.471. The van der Waals surface area contributed by atoms with Gasteiger partial charge >= 0.3 is 0 Å². The molecule has 4 N–H and O–H groups in total. The van der Waals surface area contributed by atoms with Crippen molar-refractivity contribution in [3.05, 3.63) is 71.8 Å². The largest absolute Gasteiger partial charge is 0.507 e. The molecule has 0 bridgehead atoms. The monoisotopic (exact) mass is 502 g/mol. The number of phenolic OH excluding ortho intramolecular Hbond substituents is 2. The maximum Gasteiger partial charge on any atom is 0.294 e. The summed E-state index contributed by atoms with van der Waals surface area (Å²) in [4.78, 5) is 7.24. The van der Waals surface area contributed by atoms with Crippen molar-refractivity contribution in [3.8, 4) is 34.0 Å². The van der Waals surface area contributed by atoms with Gasteiger partial charge in [-0.1, -0.05) is 35.9 Å². The molecule has 0 saturated carbocycles. The minimum atomic E-state index is -4.47. The van der Waals surface area contributed by atoms with Crippen molar-refractivity contribution in [3.63, 3.8) is 0 Å². The van der Waals surface area contributed by atoms with Crippen LogP contribution in [0, 0.1) is 0 Å². The van der Waals surface area contributed by atoms with Crippen LogP contribution < -0.4 is 0 Å². The van der Waals surface area contributed by atoms with Gasteiger partial charge in [-0.05, 0) is 52.9 Å². The van der Waals surface area contributed by atoms with Crippen LogP contribution in [-0.4, -0.2) is 33.2 Å². The number of fused-ring (bicyclic) bond motifs is 3. The highest BCUT2D eigenvalue weighted by atomic mass is 35.5. The van der Waals surface area contributed by atoms with Crippen molar-refractivity contribution in [1.82, 2.24) is 9.97 Å². The number of nitrogens with one attached hydrogen (secondary N) is 1. The lowest BCUT2D eigenvalue weighted by Crippen LogP contribution is -1.97.